The molecule has 2 unspecified atom stereocenters. The van der Waals surface area contributed by atoms with Crippen molar-refractivity contribution in [3.05, 3.63) is 29.8 Å². The number of aryl methyl sites for hydroxylation is 1. The van der Waals surface area contributed by atoms with Crippen molar-refractivity contribution < 1.29 is 9.59 Å². The van der Waals surface area contributed by atoms with Gasteiger partial charge in [-0.25, -0.2) is 4.79 Å². The number of amides is 3. The summed E-state index contributed by atoms with van der Waals surface area (Å²) in [6.07, 6.45) is 5.45. The molecule has 0 saturated heterocycles. The molecule has 1 aromatic rings. The van der Waals surface area contributed by atoms with E-state index in [1.165, 1.54) is 24.8 Å². The first-order chi connectivity index (χ1) is 11.0. The number of hydrogen-bond acceptors (Lipinski definition) is 2. The Hall–Kier alpha value is -2.04. The summed E-state index contributed by atoms with van der Waals surface area (Å²) in [6.45, 7) is 6.07. The van der Waals surface area contributed by atoms with Gasteiger partial charge in [-0.1, -0.05) is 52.2 Å². The van der Waals surface area contributed by atoms with Gasteiger partial charge in [-0.2, -0.15) is 0 Å². The average molecular weight is 319 g/mol. The van der Waals surface area contributed by atoms with Gasteiger partial charge in [-0.15, -0.1) is 0 Å². The number of nitrogens with two attached hydrogens (primary N) is 1. The summed E-state index contributed by atoms with van der Waals surface area (Å²) in [5.74, 6) is -0.229. The summed E-state index contributed by atoms with van der Waals surface area (Å²) in [5.41, 5.74) is 7.16. The number of anilines is 1. The molecule has 0 spiro atoms. The van der Waals surface area contributed by atoms with Crippen LogP contribution >= 0.6 is 0 Å². The lowest BCUT2D eigenvalue weighted by molar-refractivity contribution is -0.119. The molecule has 23 heavy (non-hydrogen) atoms. The second kappa shape index (κ2) is 9.87. The van der Waals surface area contributed by atoms with Crippen molar-refractivity contribution in [3.8, 4) is 0 Å². The fourth-order valence-electron chi connectivity index (χ4n) is 2.41. The Labute approximate surface area is 139 Å². The quantitative estimate of drug-likeness (QED) is 0.609. The number of urea groups is 1. The molecule has 0 aliphatic heterocycles. The lowest BCUT2D eigenvalue weighted by Gasteiger charge is -2.22. The molecule has 5 nitrogen and oxygen atoms in total. The smallest absolute Gasteiger partial charge is 0.312 e. The van der Waals surface area contributed by atoms with Gasteiger partial charge >= 0.3 is 6.03 Å². The predicted molar refractivity (Wildman–Crippen MR) is 94.3 cm³/mol. The van der Waals surface area contributed by atoms with Crippen LogP contribution in [0.25, 0.3) is 0 Å². The average Bonchev–Trinajstić information content (AvgIpc) is 2.53. The fourth-order valence-corrected chi connectivity index (χ4v) is 2.41. The van der Waals surface area contributed by atoms with E-state index in [0.29, 0.717) is 0 Å². The number of benzene rings is 1. The second-order valence-electron chi connectivity index (χ2n) is 6.02. The maximum Gasteiger partial charge on any atom is 0.312 e. The van der Waals surface area contributed by atoms with Gasteiger partial charge in [0.15, 0.2) is 0 Å². The number of nitrogens with one attached hydrogen (secondary N) is 2. The third-order valence-corrected chi connectivity index (χ3v) is 4.08. The Balaban J connectivity index is 2.65. The minimum atomic E-state index is -0.684. The van der Waals surface area contributed by atoms with Crippen LogP contribution in [0, 0.1) is 5.92 Å². The summed E-state index contributed by atoms with van der Waals surface area (Å²) < 4.78 is 0. The summed E-state index contributed by atoms with van der Waals surface area (Å²) in [7, 11) is 0. The summed E-state index contributed by atoms with van der Waals surface area (Å²) in [4.78, 5) is 23.5. The molecule has 0 aliphatic rings. The third kappa shape index (κ3) is 6.72. The molecule has 0 fully saturated rings. The van der Waals surface area contributed by atoms with Crippen LogP contribution < -0.4 is 16.4 Å². The first-order valence-corrected chi connectivity index (χ1v) is 8.43. The Kier molecular flexibility index (Phi) is 8.16. The Morgan fingerprint density at radius 1 is 1.13 bits per heavy atom. The largest absolute Gasteiger partial charge is 0.352 e. The zero-order chi connectivity index (χ0) is 17.2. The number of rotatable bonds is 9. The molecule has 1 aromatic carbocycles. The highest BCUT2D eigenvalue weighted by Gasteiger charge is 2.25. The molecule has 2 atom stereocenters. The highest BCUT2D eigenvalue weighted by atomic mass is 16.2. The van der Waals surface area contributed by atoms with Crippen molar-refractivity contribution >= 4 is 17.6 Å². The monoisotopic (exact) mass is 319 g/mol. The maximum absolute atomic E-state index is 12.4. The van der Waals surface area contributed by atoms with Crippen molar-refractivity contribution in [1.29, 1.82) is 0 Å². The van der Waals surface area contributed by atoms with Gasteiger partial charge < -0.3 is 16.4 Å². The van der Waals surface area contributed by atoms with Gasteiger partial charge in [0.1, 0.15) is 6.04 Å². The van der Waals surface area contributed by atoms with E-state index in [9.17, 15) is 9.59 Å². The molecule has 0 bridgehead atoms. The topological polar surface area (TPSA) is 84.2 Å². The van der Waals surface area contributed by atoms with Gasteiger partial charge in [0, 0.05) is 5.69 Å². The molecule has 128 valence electrons. The molecule has 0 aliphatic carbocycles. The van der Waals surface area contributed by atoms with Crippen LogP contribution in [0.1, 0.15) is 52.0 Å². The molecule has 1 rings (SSSR count). The summed E-state index contributed by atoms with van der Waals surface area (Å²) in [5, 5.41) is 5.37. The van der Waals surface area contributed by atoms with Crippen molar-refractivity contribution in [1.82, 2.24) is 5.32 Å². The maximum atomic E-state index is 12.4. The molecule has 0 saturated carbocycles. The zero-order valence-corrected chi connectivity index (χ0v) is 14.4. The van der Waals surface area contributed by atoms with E-state index in [1.807, 2.05) is 38.1 Å². The standard InChI is InChI=1S/C18H29N3O2/c1-4-6-7-8-14-9-11-15(12-10-14)20-17(22)16(13(3)5-2)21-18(19)23/h9-13,16H,4-8H2,1-3H3,(H,20,22)(H3,19,21,23). The van der Waals surface area contributed by atoms with Crippen molar-refractivity contribution in [3.63, 3.8) is 0 Å². The van der Waals surface area contributed by atoms with Crippen LogP contribution in [0.3, 0.4) is 0 Å². The van der Waals surface area contributed by atoms with Gasteiger partial charge in [-0.3, -0.25) is 4.79 Å². The van der Waals surface area contributed by atoms with E-state index in [1.54, 1.807) is 0 Å². The molecule has 0 aromatic heterocycles. The number of carbonyl (C=O) groups excluding carboxylic acids is 2. The Morgan fingerprint density at radius 3 is 2.30 bits per heavy atom. The van der Waals surface area contributed by atoms with Crippen LogP contribution in [-0.4, -0.2) is 18.0 Å². The summed E-state index contributed by atoms with van der Waals surface area (Å²) in [6, 6.07) is 6.56. The first-order valence-electron chi connectivity index (χ1n) is 8.43. The number of primary amides is 1. The second-order valence-corrected chi connectivity index (χ2v) is 6.02. The number of unbranched alkanes of at least 4 members (excludes halogenated alkanes) is 2. The molecule has 0 heterocycles. The fraction of sp³-hybridized carbons (Fsp3) is 0.556. The van der Waals surface area contributed by atoms with Crippen molar-refractivity contribution in [2.45, 2.75) is 58.9 Å². The minimum absolute atomic E-state index is 0.0100. The molecule has 5 heteroatoms. The van der Waals surface area contributed by atoms with Crippen LogP contribution in [0.5, 0.6) is 0 Å². The van der Waals surface area contributed by atoms with E-state index in [0.717, 1.165) is 18.5 Å². The molecular weight excluding hydrogens is 290 g/mol. The highest BCUT2D eigenvalue weighted by Crippen LogP contribution is 2.15. The van der Waals surface area contributed by atoms with Crippen LogP contribution in [0.4, 0.5) is 10.5 Å². The lowest BCUT2D eigenvalue weighted by atomic mass is 9.98. The SMILES string of the molecule is CCCCCc1ccc(NC(=O)C(NC(N)=O)C(C)CC)cc1. The van der Waals surface area contributed by atoms with Crippen LogP contribution in [0.15, 0.2) is 24.3 Å². The summed E-state index contributed by atoms with van der Waals surface area (Å²) >= 11 is 0. The van der Waals surface area contributed by atoms with E-state index in [4.69, 9.17) is 5.73 Å². The zero-order valence-electron chi connectivity index (χ0n) is 14.4. The molecule has 4 N–H and O–H groups in total. The van der Waals surface area contributed by atoms with Gasteiger partial charge in [0.2, 0.25) is 5.91 Å². The van der Waals surface area contributed by atoms with Crippen LogP contribution in [-0.2, 0) is 11.2 Å². The Bertz CT molecular complexity index is 499. The van der Waals surface area contributed by atoms with Gasteiger partial charge in [0.05, 0.1) is 0 Å². The van der Waals surface area contributed by atoms with Crippen LogP contribution in [0.2, 0.25) is 0 Å². The van der Waals surface area contributed by atoms with Crippen molar-refractivity contribution in [2.24, 2.45) is 11.7 Å². The van der Waals surface area contributed by atoms with E-state index in [2.05, 4.69) is 17.6 Å². The normalized spacial score (nSPS) is 13.2. The minimum Gasteiger partial charge on any atom is -0.352 e. The number of carbonyl (C=O) groups is 2. The first kappa shape index (κ1) is 19.0. The predicted octanol–water partition coefficient (Wildman–Crippen LogP) is 3.44. The van der Waals surface area contributed by atoms with Crippen molar-refractivity contribution in [2.75, 3.05) is 5.32 Å². The van der Waals surface area contributed by atoms with Gasteiger partial charge in [-0.05, 0) is 36.5 Å². The number of hydrogen-bond donors (Lipinski definition) is 3. The highest BCUT2D eigenvalue weighted by molar-refractivity contribution is 5.97. The lowest BCUT2D eigenvalue weighted by Crippen LogP contribution is -2.49. The third-order valence-electron chi connectivity index (χ3n) is 4.08. The molecule has 3 amide bonds. The van der Waals surface area contributed by atoms with Gasteiger partial charge in [0.25, 0.3) is 0 Å². The van der Waals surface area contributed by atoms with E-state index < -0.39 is 12.1 Å². The molecule has 0 radical (unpaired) electrons. The Morgan fingerprint density at radius 2 is 1.78 bits per heavy atom. The molecular formula is C18H29N3O2. The van der Waals surface area contributed by atoms with E-state index >= 15 is 0 Å². The van der Waals surface area contributed by atoms with E-state index in [-0.39, 0.29) is 11.8 Å².